The smallest absolute Gasteiger partial charge is 0.249 e. The number of aliphatic hydroxyl groups is 4. The summed E-state index contributed by atoms with van der Waals surface area (Å²) in [6.45, 7) is 4.04. The summed E-state index contributed by atoms with van der Waals surface area (Å²) in [5, 5.41) is 43.8. The zero-order valence-electron chi connectivity index (χ0n) is 40.0. The lowest BCUT2D eigenvalue weighted by atomic mass is 10.00. The highest BCUT2D eigenvalue weighted by Crippen LogP contribution is 2.17. The second-order valence-electron chi connectivity index (χ2n) is 18.2. The van der Waals surface area contributed by atoms with Gasteiger partial charge in [0, 0.05) is 0 Å². The van der Waals surface area contributed by atoms with Crippen LogP contribution in [0.3, 0.4) is 0 Å². The molecule has 0 aliphatic carbocycles. The van der Waals surface area contributed by atoms with Crippen LogP contribution in [0.4, 0.5) is 0 Å². The third kappa shape index (κ3) is 41.9. The summed E-state index contributed by atoms with van der Waals surface area (Å²) in [7, 11) is 0. The van der Waals surface area contributed by atoms with Crippen LogP contribution in [0.15, 0.2) is 36.5 Å². The van der Waals surface area contributed by atoms with Crippen molar-refractivity contribution in [3.05, 3.63) is 36.5 Å². The Bertz CT molecular complexity index is 950. The summed E-state index contributed by atoms with van der Waals surface area (Å²) in [5.41, 5.74) is 0. The van der Waals surface area contributed by atoms with E-state index in [2.05, 4.69) is 55.6 Å². The molecule has 354 valence electrons. The summed E-state index contributed by atoms with van der Waals surface area (Å²) in [5.74, 6) is -0.596. The molecule has 6 nitrogen and oxygen atoms in total. The first-order valence-electron chi connectivity index (χ1n) is 26.4. The first-order valence-corrected chi connectivity index (χ1v) is 26.4. The minimum absolute atomic E-state index is 0.362. The molecule has 0 fully saturated rings. The van der Waals surface area contributed by atoms with Crippen LogP contribution >= 0.6 is 0 Å². The van der Waals surface area contributed by atoms with Crippen LogP contribution in [-0.2, 0) is 4.79 Å². The molecule has 0 aliphatic heterocycles. The monoisotopic (exact) mass is 846 g/mol. The second-order valence-corrected chi connectivity index (χ2v) is 18.2. The molecular weight excluding hydrogens is 743 g/mol. The zero-order chi connectivity index (χ0) is 43.8. The Kier molecular flexibility index (Phi) is 47.4. The molecule has 4 unspecified atom stereocenters. The molecule has 0 aromatic carbocycles. The van der Waals surface area contributed by atoms with Crippen LogP contribution in [0.5, 0.6) is 0 Å². The molecule has 0 aromatic heterocycles. The molecular formula is C54H103NO5. The van der Waals surface area contributed by atoms with Gasteiger partial charge in [-0.3, -0.25) is 4.79 Å². The van der Waals surface area contributed by atoms with Gasteiger partial charge in [-0.15, -0.1) is 0 Å². The average molecular weight is 846 g/mol. The van der Waals surface area contributed by atoms with Crippen molar-refractivity contribution >= 4 is 5.91 Å². The van der Waals surface area contributed by atoms with E-state index in [-0.39, 0.29) is 0 Å². The van der Waals surface area contributed by atoms with Crippen molar-refractivity contribution in [1.82, 2.24) is 5.32 Å². The van der Waals surface area contributed by atoms with Gasteiger partial charge >= 0.3 is 0 Å². The highest BCUT2D eigenvalue weighted by molar-refractivity contribution is 5.80. The van der Waals surface area contributed by atoms with E-state index in [1.807, 2.05) is 0 Å². The fourth-order valence-electron chi connectivity index (χ4n) is 8.14. The number of hydrogen-bond acceptors (Lipinski definition) is 5. The minimum Gasteiger partial charge on any atom is -0.394 e. The van der Waals surface area contributed by atoms with E-state index in [1.165, 1.54) is 186 Å². The largest absolute Gasteiger partial charge is 0.394 e. The summed E-state index contributed by atoms with van der Waals surface area (Å²) in [6, 6.07) is -1.01. The molecule has 60 heavy (non-hydrogen) atoms. The van der Waals surface area contributed by atoms with Crippen LogP contribution in [0.1, 0.15) is 271 Å². The maximum atomic E-state index is 12.6. The van der Waals surface area contributed by atoms with Crippen molar-refractivity contribution in [1.29, 1.82) is 0 Å². The molecule has 0 spiro atoms. The number of unbranched alkanes of at least 4 members (excludes halogenated alkanes) is 33. The van der Waals surface area contributed by atoms with Crippen LogP contribution < -0.4 is 5.32 Å². The maximum absolute atomic E-state index is 12.6. The van der Waals surface area contributed by atoms with Gasteiger partial charge in [0.1, 0.15) is 12.2 Å². The summed E-state index contributed by atoms with van der Waals surface area (Å²) >= 11 is 0. The van der Waals surface area contributed by atoms with E-state index in [0.29, 0.717) is 19.3 Å². The molecule has 0 saturated carbocycles. The van der Waals surface area contributed by atoms with Gasteiger partial charge in [-0.1, -0.05) is 243 Å². The van der Waals surface area contributed by atoms with Crippen molar-refractivity contribution in [3.63, 3.8) is 0 Å². The number of nitrogens with one attached hydrogen (secondary N) is 1. The number of rotatable bonds is 48. The first-order chi connectivity index (χ1) is 29.5. The molecule has 1 amide bonds. The molecule has 5 N–H and O–H groups in total. The van der Waals surface area contributed by atoms with Gasteiger partial charge in [0.25, 0.3) is 0 Å². The van der Waals surface area contributed by atoms with Crippen molar-refractivity contribution in [2.24, 2.45) is 0 Å². The molecule has 4 atom stereocenters. The molecule has 6 heteroatoms. The first kappa shape index (κ1) is 58.5. The Labute approximate surface area is 373 Å². The number of aliphatic hydroxyl groups excluding tert-OH is 4. The van der Waals surface area contributed by atoms with E-state index in [1.54, 1.807) is 0 Å². The van der Waals surface area contributed by atoms with Gasteiger partial charge in [-0.05, 0) is 64.2 Å². The van der Waals surface area contributed by atoms with Crippen LogP contribution in [0.2, 0.25) is 0 Å². The summed E-state index contributed by atoms with van der Waals surface area (Å²) in [6.07, 6.45) is 59.2. The highest BCUT2D eigenvalue weighted by Gasteiger charge is 2.28. The standard InChI is InChI=1S/C54H103NO5/c1-3-5-7-9-11-13-15-17-19-21-23-24-25-26-27-28-29-30-32-34-36-38-40-42-44-46-48-52(58)54(60)55-50(49-56)53(59)51(57)47-45-43-41-39-37-35-33-31-22-20-18-16-14-12-10-8-6-4-2/h16,18,31,33,39,41,50-53,56-59H,3-15,17,19-30,32,34-38,40,42-49H2,1-2H3,(H,55,60)/b18-16+,33-31+,41-39+. The summed E-state index contributed by atoms with van der Waals surface area (Å²) in [4.78, 5) is 12.6. The number of amides is 1. The maximum Gasteiger partial charge on any atom is 0.249 e. The molecule has 0 radical (unpaired) electrons. The van der Waals surface area contributed by atoms with Crippen molar-refractivity contribution in [2.45, 2.75) is 295 Å². The lowest BCUT2D eigenvalue weighted by Crippen LogP contribution is -2.53. The molecule has 0 bridgehead atoms. The topological polar surface area (TPSA) is 110 Å². The van der Waals surface area contributed by atoms with Crippen LogP contribution in [0.25, 0.3) is 0 Å². The molecule has 0 heterocycles. The van der Waals surface area contributed by atoms with Gasteiger partial charge in [-0.2, -0.15) is 0 Å². The minimum atomic E-state index is -1.29. The van der Waals surface area contributed by atoms with E-state index in [0.717, 1.165) is 51.4 Å². The third-order valence-corrected chi connectivity index (χ3v) is 12.3. The van der Waals surface area contributed by atoms with Gasteiger partial charge in [0.05, 0.1) is 18.8 Å². The number of hydrogen-bond donors (Lipinski definition) is 5. The Morgan fingerprint density at radius 1 is 0.400 bits per heavy atom. The SMILES string of the molecule is CCCCCCC/C=C/CC/C=C/CC/C=C/CCCC(O)C(O)C(CO)NC(=O)C(O)CCCCCCCCCCCCCCCCCCCCCCCCCCCC. The van der Waals surface area contributed by atoms with Crippen molar-refractivity contribution < 1.29 is 25.2 Å². The highest BCUT2D eigenvalue weighted by atomic mass is 16.3. The van der Waals surface area contributed by atoms with E-state index < -0.39 is 36.9 Å². The number of carbonyl (C=O) groups excluding carboxylic acids is 1. The fraction of sp³-hybridized carbons (Fsp3) is 0.870. The van der Waals surface area contributed by atoms with Crippen LogP contribution in [0, 0.1) is 0 Å². The predicted molar refractivity (Wildman–Crippen MR) is 260 cm³/mol. The molecule has 0 rings (SSSR count). The van der Waals surface area contributed by atoms with Crippen molar-refractivity contribution in [3.8, 4) is 0 Å². The van der Waals surface area contributed by atoms with E-state index >= 15 is 0 Å². The number of carbonyl (C=O) groups is 1. The Morgan fingerprint density at radius 3 is 1.05 bits per heavy atom. The van der Waals surface area contributed by atoms with E-state index in [9.17, 15) is 25.2 Å². The second kappa shape index (κ2) is 48.6. The van der Waals surface area contributed by atoms with E-state index in [4.69, 9.17) is 0 Å². The predicted octanol–water partition coefficient (Wildman–Crippen LogP) is 14.9. The molecule has 0 aromatic rings. The Balaban J connectivity index is 3.68. The fourth-order valence-corrected chi connectivity index (χ4v) is 8.14. The molecule has 0 aliphatic rings. The van der Waals surface area contributed by atoms with Gasteiger partial charge in [0.15, 0.2) is 0 Å². The van der Waals surface area contributed by atoms with Crippen molar-refractivity contribution in [2.75, 3.05) is 6.61 Å². The zero-order valence-corrected chi connectivity index (χ0v) is 40.0. The lowest BCUT2D eigenvalue weighted by Gasteiger charge is -2.27. The lowest BCUT2D eigenvalue weighted by molar-refractivity contribution is -0.132. The van der Waals surface area contributed by atoms with Gasteiger partial charge < -0.3 is 25.7 Å². The third-order valence-electron chi connectivity index (χ3n) is 12.3. The van der Waals surface area contributed by atoms with Gasteiger partial charge in [0.2, 0.25) is 5.91 Å². The quantitative estimate of drug-likeness (QED) is 0.0309. The molecule has 0 saturated heterocycles. The average Bonchev–Trinajstić information content (AvgIpc) is 3.25. The Morgan fingerprint density at radius 2 is 0.700 bits per heavy atom. The number of allylic oxidation sites excluding steroid dienone is 6. The summed E-state index contributed by atoms with van der Waals surface area (Å²) < 4.78 is 0. The van der Waals surface area contributed by atoms with Crippen LogP contribution in [-0.4, -0.2) is 57.3 Å². The Hall–Kier alpha value is -1.47. The van der Waals surface area contributed by atoms with Gasteiger partial charge in [-0.25, -0.2) is 0 Å². The normalized spacial score (nSPS) is 14.2.